The van der Waals surface area contributed by atoms with Gasteiger partial charge in [0, 0.05) is 11.6 Å². The van der Waals surface area contributed by atoms with E-state index in [1.54, 1.807) is 12.1 Å². The number of nitrogens with zero attached hydrogens (tertiary/aromatic N) is 1. The summed E-state index contributed by atoms with van der Waals surface area (Å²) in [7, 11) is 2.07. The van der Waals surface area contributed by atoms with Crippen LogP contribution in [0.15, 0.2) is 18.2 Å². The Morgan fingerprint density at radius 2 is 2.28 bits per heavy atom. The van der Waals surface area contributed by atoms with Crippen molar-refractivity contribution in [3.8, 4) is 0 Å². The van der Waals surface area contributed by atoms with Crippen LogP contribution in [0, 0.1) is 0 Å². The maximum absolute atomic E-state index is 10.7. The highest BCUT2D eigenvalue weighted by atomic mass is 35.5. The molecule has 2 rings (SSSR count). The van der Waals surface area contributed by atoms with E-state index in [4.69, 9.17) is 16.7 Å². The van der Waals surface area contributed by atoms with Crippen molar-refractivity contribution in [2.75, 3.05) is 20.1 Å². The standard InChI is InChI=1S/C13H16ClNO3/c1-15-5-4-9(7-15)10-3-2-8(6-11(10)14)12(16)13(17)18/h2-3,6,9,12,16H,4-5,7H2,1H3,(H,17,18). The second kappa shape index (κ2) is 5.26. The Labute approximate surface area is 111 Å². The Bertz CT molecular complexity index is 464. The van der Waals surface area contributed by atoms with Gasteiger partial charge < -0.3 is 15.1 Å². The summed E-state index contributed by atoms with van der Waals surface area (Å²) >= 11 is 6.18. The van der Waals surface area contributed by atoms with Crippen molar-refractivity contribution in [3.63, 3.8) is 0 Å². The fraction of sp³-hybridized carbons (Fsp3) is 0.462. The molecular formula is C13H16ClNO3. The van der Waals surface area contributed by atoms with Crippen LogP contribution in [0.4, 0.5) is 0 Å². The van der Waals surface area contributed by atoms with Gasteiger partial charge in [0.2, 0.25) is 0 Å². The van der Waals surface area contributed by atoms with Crippen molar-refractivity contribution in [1.29, 1.82) is 0 Å². The average Bonchev–Trinajstić information content (AvgIpc) is 2.74. The molecule has 1 aliphatic rings. The SMILES string of the molecule is CN1CCC(c2ccc(C(O)C(=O)O)cc2Cl)C1. The molecule has 98 valence electrons. The molecule has 1 saturated heterocycles. The minimum absolute atomic E-state index is 0.322. The molecule has 1 heterocycles. The molecule has 0 saturated carbocycles. The van der Waals surface area contributed by atoms with E-state index in [1.807, 2.05) is 6.07 Å². The van der Waals surface area contributed by atoms with E-state index in [0.717, 1.165) is 25.1 Å². The van der Waals surface area contributed by atoms with Gasteiger partial charge in [-0.2, -0.15) is 0 Å². The summed E-state index contributed by atoms with van der Waals surface area (Å²) in [5.74, 6) is -0.877. The molecule has 1 aliphatic heterocycles. The Kier molecular flexibility index (Phi) is 3.90. The van der Waals surface area contributed by atoms with Gasteiger partial charge in [0.1, 0.15) is 0 Å². The highest BCUT2D eigenvalue weighted by molar-refractivity contribution is 6.31. The van der Waals surface area contributed by atoms with Gasteiger partial charge in [-0.15, -0.1) is 0 Å². The first-order valence-electron chi connectivity index (χ1n) is 5.88. The second-order valence-electron chi connectivity index (χ2n) is 4.77. The molecule has 4 nitrogen and oxygen atoms in total. The lowest BCUT2D eigenvalue weighted by molar-refractivity contribution is -0.146. The van der Waals surface area contributed by atoms with Crippen molar-refractivity contribution in [1.82, 2.24) is 4.90 Å². The van der Waals surface area contributed by atoms with E-state index in [9.17, 15) is 9.90 Å². The highest BCUT2D eigenvalue weighted by Crippen LogP contribution is 2.33. The molecule has 0 spiro atoms. The molecule has 1 fully saturated rings. The first-order valence-corrected chi connectivity index (χ1v) is 6.25. The number of benzene rings is 1. The summed E-state index contributed by atoms with van der Waals surface area (Å²) < 4.78 is 0. The van der Waals surface area contributed by atoms with Crippen LogP contribution in [0.25, 0.3) is 0 Å². The third-order valence-corrected chi connectivity index (χ3v) is 3.73. The normalized spacial score (nSPS) is 22.1. The van der Waals surface area contributed by atoms with Crippen LogP contribution >= 0.6 is 11.6 Å². The molecule has 0 bridgehead atoms. The van der Waals surface area contributed by atoms with Gasteiger partial charge >= 0.3 is 5.97 Å². The number of likely N-dealkylation sites (N-methyl/N-ethyl adjacent to an activating group) is 1. The third-order valence-electron chi connectivity index (χ3n) is 3.41. The van der Waals surface area contributed by atoms with Crippen molar-refractivity contribution in [2.45, 2.75) is 18.4 Å². The Balaban J connectivity index is 2.22. The van der Waals surface area contributed by atoms with Crippen LogP contribution in [0.1, 0.15) is 29.6 Å². The predicted molar refractivity (Wildman–Crippen MR) is 68.9 cm³/mol. The Hall–Kier alpha value is -1.10. The van der Waals surface area contributed by atoms with Gasteiger partial charge in [-0.05, 0) is 43.1 Å². The minimum atomic E-state index is -1.51. The zero-order chi connectivity index (χ0) is 13.3. The number of carbonyl (C=O) groups is 1. The fourth-order valence-corrected chi connectivity index (χ4v) is 2.72. The summed E-state index contributed by atoms with van der Waals surface area (Å²) in [6, 6.07) is 5.01. The number of carboxylic acids is 1. The molecule has 0 aromatic heterocycles. The van der Waals surface area contributed by atoms with E-state index < -0.39 is 12.1 Å². The lowest BCUT2D eigenvalue weighted by Crippen LogP contribution is -2.14. The predicted octanol–water partition coefficient (Wildman–Crippen LogP) is 1.88. The highest BCUT2D eigenvalue weighted by Gasteiger charge is 2.24. The molecule has 2 atom stereocenters. The number of aliphatic hydroxyl groups excluding tert-OH is 1. The lowest BCUT2D eigenvalue weighted by Gasteiger charge is -2.14. The minimum Gasteiger partial charge on any atom is -0.479 e. The average molecular weight is 270 g/mol. The smallest absolute Gasteiger partial charge is 0.337 e. The van der Waals surface area contributed by atoms with Crippen LogP contribution in [-0.4, -0.2) is 41.2 Å². The summed E-state index contributed by atoms with van der Waals surface area (Å²) in [5, 5.41) is 18.7. The number of aliphatic carboxylic acids is 1. The molecule has 2 unspecified atom stereocenters. The van der Waals surface area contributed by atoms with Gasteiger partial charge in [0.15, 0.2) is 6.10 Å². The maximum atomic E-state index is 10.7. The van der Waals surface area contributed by atoms with Gasteiger partial charge in [-0.1, -0.05) is 23.7 Å². The monoisotopic (exact) mass is 269 g/mol. The van der Waals surface area contributed by atoms with Crippen molar-refractivity contribution in [2.24, 2.45) is 0 Å². The van der Waals surface area contributed by atoms with Gasteiger partial charge in [0.25, 0.3) is 0 Å². The number of hydrogen-bond donors (Lipinski definition) is 2. The van der Waals surface area contributed by atoms with Crippen LogP contribution in [0.2, 0.25) is 5.02 Å². The summed E-state index contributed by atoms with van der Waals surface area (Å²) in [5.41, 5.74) is 1.35. The van der Waals surface area contributed by atoms with Crippen molar-refractivity contribution >= 4 is 17.6 Å². The third kappa shape index (κ3) is 2.66. The Morgan fingerprint density at radius 1 is 1.56 bits per heavy atom. The van der Waals surface area contributed by atoms with Crippen LogP contribution in [-0.2, 0) is 4.79 Å². The van der Waals surface area contributed by atoms with Crippen LogP contribution in [0.5, 0.6) is 0 Å². The maximum Gasteiger partial charge on any atom is 0.337 e. The van der Waals surface area contributed by atoms with Crippen molar-refractivity contribution < 1.29 is 15.0 Å². The number of carboxylic acid groups (broad SMARTS) is 1. The molecule has 2 N–H and O–H groups in total. The van der Waals surface area contributed by atoms with E-state index in [0.29, 0.717) is 16.5 Å². The lowest BCUT2D eigenvalue weighted by atomic mass is 9.96. The zero-order valence-electron chi connectivity index (χ0n) is 10.1. The van der Waals surface area contributed by atoms with Crippen molar-refractivity contribution in [3.05, 3.63) is 34.3 Å². The van der Waals surface area contributed by atoms with E-state index in [1.165, 1.54) is 0 Å². The summed E-state index contributed by atoms with van der Waals surface area (Å²) in [6.07, 6.45) is -0.459. The molecule has 0 radical (unpaired) electrons. The van der Waals surface area contributed by atoms with Gasteiger partial charge in [-0.25, -0.2) is 4.79 Å². The van der Waals surface area contributed by atoms with E-state index in [2.05, 4.69) is 11.9 Å². The molecule has 0 amide bonds. The molecular weight excluding hydrogens is 254 g/mol. The number of halogens is 1. The van der Waals surface area contributed by atoms with Gasteiger partial charge in [-0.3, -0.25) is 0 Å². The first-order chi connectivity index (χ1) is 8.49. The molecule has 5 heteroatoms. The van der Waals surface area contributed by atoms with Crippen LogP contribution < -0.4 is 0 Å². The number of rotatable bonds is 3. The molecule has 18 heavy (non-hydrogen) atoms. The number of aliphatic hydroxyl groups is 1. The molecule has 0 aliphatic carbocycles. The summed E-state index contributed by atoms with van der Waals surface area (Å²) in [6.45, 7) is 2.00. The first kappa shape index (κ1) is 13.3. The fourth-order valence-electron chi connectivity index (χ4n) is 2.38. The van der Waals surface area contributed by atoms with E-state index in [-0.39, 0.29) is 0 Å². The Morgan fingerprint density at radius 3 is 2.78 bits per heavy atom. The topological polar surface area (TPSA) is 60.8 Å². The molecule has 1 aromatic carbocycles. The largest absolute Gasteiger partial charge is 0.479 e. The summed E-state index contributed by atoms with van der Waals surface area (Å²) in [4.78, 5) is 12.9. The van der Waals surface area contributed by atoms with Gasteiger partial charge in [0.05, 0.1) is 0 Å². The van der Waals surface area contributed by atoms with E-state index >= 15 is 0 Å². The second-order valence-corrected chi connectivity index (χ2v) is 5.18. The van der Waals surface area contributed by atoms with Crippen LogP contribution in [0.3, 0.4) is 0 Å². The molecule has 1 aromatic rings. The quantitative estimate of drug-likeness (QED) is 0.880. The number of hydrogen-bond acceptors (Lipinski definition) is 3. The number of likely N-dealkylation sites (tertiary alicyclic amines) is 1. The zero-order valence-corrected chi connectivity index (χ0v) is 10.9.